The zero-order valence-electron chi connectivity index (χ0n) is 11.4. The summed E-state index contributed by atoms with van der Waals surface area (Å²) in [6.07, 6.45) is 2.96. The van der Waals surface area contributed by atoms with Crippen LogP contribution < -0.4 is 0 Å². The Morgan fingerprint density at radius 1 is 1.29 bits per heavy atom. The Morgan fingerprint density at radius 3 is 2.41 bits per heavy atom. The van der Waals surface area contributed by atoms with Crippen LogP contribution in [0.4, 0.5) is 0 Å². The van der Waals surface area contributed by atoms with E-state index in [0.717, 1.165) is 38.9 Å². The quantitative estimate of drug-likeness (QED) is 0.754. The number of aliphatic hydroxyl groups is 1. The monoisotopic (exact) mass is 242 g/mol. The molecular formula is C13H26N2O2. The number of hydrogen-bond acceptors (Lipinski definition) is 3. The van der Waals surface area contributed by atoms with Gasteiger partial charge in [0.1, 0.15) is 0 Å². The molecule has 0 aliphatic heterocycles. The lowest BCUT2D eigenvalue weighted by Crippen LogP contribution is -2.41. The van der Waals surface area contributed by atoms with Crippen molar-refractivity contribution < 1.29 is 9.90 Å². The number of carbonyl (C=O) groups excluding carboxylic acids is 1. The molecule has 2 unspecified atom stereocenters. The van der Waals surface area contributed by atoms with Gasteiger partial charge in [-0.2, -0.15) is 0 Å². The fourth-order valence-electron chi connectivity index (χ4n) is 2.60. The first-order valence-electron chi connectivity index (χ1n) is 6.72. The molecule has 17 heavy (non-hydrogen) atoms. The third-order valence-electron chi connectivity index (χ3n) is 3.69. The summed E-state index contributed by atoms with van der Waals surface area (Å²) in [6.45, 7) is 6.84. The Bertz CT molecular complexity index is 242. The standard InChI is InChI=1S/C13H26N2O2/c1-4-15(5-2)13(17)10-14(3)9-11-7-6-8-12(11)16/h11-12,16H,4-10H2,1-3H3. The molecule has 1 fully saturated rings. The van der Waals surface area contributed by atoms with Crippen molar-refractivity contribution in [3.05, 3.63) is 0 Å². The molecule has 4 nitrogen and oxygen atoms in total. The molecule has 0 aromatic rings. The number of nitrogens with zero attached hydrogens (tertiary/aromatic N) is 2. The lowest BCUT2D eigenvalue weighted by Gasteiger charge is -2.26. The van der Waals surface area contributed by atoms with Gasteiger partial charge in [0.25, 0.3) is 0 Å². The minimum absolute atomic E-state index is 0.166. The van der Waals surface area contributed by atoms with E-state index in [1.807, 2.05) is 30.7 Å². The SMILES string of the molecule is CCN(CC)C(=O)CN(C)CC1CCCC1O. The maximum absolute atomic E-state index is 11.9. The molecule has 0 saturated heterocycles. The predicted molar refractivity (Wildman–Crippen MR) is 68.8 cm³/mol. The molecular weight excluding hydrogens is 216 g/mol. The summed E-state index contributed by atoms with van der Waals surface area (Å²) in [5, 5.41) is 9.75. The largest absolute Gasteiger partial charge is 0.393 e. The predicted octanol–water partition coefficient (Wildman–Crippen LogP) is 0.948. The van der Waals surface area contributed by atoms with Crippen LogP contribution in [-0.4, -0.2) is 60.1 Å². The van der Waals surface area contributed by atoms with Crippen molar-refractivity contribution in [1.29, 1.82) is 0 Å². The fourth-order valence-corrected chi connectivity index (χ4v) is 2.60. The normalized spacial score (nSPS) is 24.3. The average Bonchev–Trinajstić information content (AvgIpc) is 2.66. The van der Waals surface area contributed by atoms with Crippen molar-refractivity contribution in [2.45, 2.75) is 39.2 Å². The maximum atomic E-state index is 11.9. The van der Waals surface area contributed by atoms with Crippen LogP contribution in [0.1, 0.15) is 33.1 Å². The van der Waals surface area contributed by atoms with Gasteiger partial charge < -0.3 is 10.0 Å². The molecule has 100 valence electrons. The summed E-state index contributed by atoms with van der Waals surface area (Å²) < 4.78 is 0. The molecule has 2 atom stereocenters. The van der Waals surface area contributed by atoms with Gasteiger partial charge in [-0.15, -0.1) is 0 Å². The molecule has 0 radical (unpaired) electrons. The van der Waals surface area contributed by atoms with Gasteiger partial charge in [0.05, 0.1) is 12.6 Å². The highest BCUT2D eigenvalue weighted by Crippen LogP contribution is 2.25. The molecule has 1 aliphatic carbocycles. The van der Waals surface area contributed by atoms with Crippen LogP contribution in [0, 0.1) is 5.92 Å². The van der Waals surface area contributed by atoms with Gasteiger partial charge in [0.15, 0.2) is 0 Å². The van der Waals surface area contributed by atoms with Gasteiger partial charge in [0.2, 0.25) is 5.91 Å². The molecule has 0 bridgehead atoms. The Kier molecular flexibility index (Phi) is 5.92. The topological polar surface area (TPSA) is 43.8 Å². The lowest BCUT2D eigenvalue weighted by molar-refractivity contribution is -0.131. The molecule has 4 heteroatoms. The average molecular weight is 242 g/mol. The van der Waals surface area contributed by atoms with Crippen molar-refractivity contribution in [1.82, 2.24) is 9.80 Å². The molecule has 0 aromatic heterocycles. The van der Waals surface area contributed by atoms with E-state index in [4.69, 9.17) is 0 Å². The number of aliphatic hydroxyl groups excluding tert-OH is 1. The zero-order valence-corrected chi connectivity index (χ0v) is 11.4. The Morgan fingerprint density at radius 2 is 1.94 bits per heavy atom. The second-order valence-corrected chi connectivity index (χ2v) is 5.02. The Labute approximate surface area is 105 Å². The van der Waals surface area contributed by atoms with Crippen LogP contribution in [0.3, 0.4) is 0 Å². The van der Waals surface area contributed by atoms with E-state index in [1.54, 1.807) is 0 Å². The number of carbonyl (C=O) groups is 1. The summed E-state index contributed by atoms with van der Waals surface area (Å²) >= 11 is 0. The molecule has 1 amide bonds. The van der Waals surface area contributed by atoms with Gasteiger partial charge in [-0.3, -0.25) is 9.69 Å². The van der Waals surface area contributed by atoms with Crippen molar-refractivity contribution in [2.75, 3.05) is 33.2 Å². The Hall–Kier alpha value is -0.610. The second kappa shape index (κ2) is 6.97. The van der Waals surface area contributed by atoms with Crippen LogP contribution in [0.2, 0.25) is 0 Å². The van der Waals surface area contributed by atoms with Crippen LogP contribution in [0.25, 0.3) is 0 Å². The zero-order chi connectivity index (χ0) is 12.8. The van der Waals surface area contributed by atoms with Crippen LogP contribution in [0.15, 0.2) is 0 Å². The highest BCUT2D eigenvalue weighted by atomic mass is 16.3. The third kappa shape index (κ3) is 4.28. The van der Waals surface area contributed by atoms with Crippen LogP contribution >= 0.6 is 0 Å². The van der Waals surface area contributed by atoms with Gasteiger partial charge in [-0.05, 0) is 39.7 Å². The summed E-state index contributed by atoms with van der Waals surface area (Å²) in [5.74, 6) is 0.537. The van der Waals surface area contributed by atoms with Crippen molar-refractivity contribution in [3.8, 4) is 0 Å². The fraction of sp³-hybridized carbons (Fsp3) is 0.923. The molecule has 1 saturated carbocycles. The van der Waals surface area contributed by atoms with E-state index < -0.39 is 0 Å². The van der Waals surface area contributed by atoms with E-state index in [9.17, 15) is 9.90 Å². The van der Waals surface area contributed by atoms with E-state index in [-0.39, 0.29) is 12.0 Å². The van der Waals surface area contributed by atoms with E-state index in [1.165, 1.54) is 0 Å². The van der Waals surface area contributed by atoms with Crippen molar-refractivity contribution in [2.24, 2.45) is 5.92 Å². The summed E-state index contributed by atoms with van der Waals surface area (Å²) in [5.41, 5.74) is 0. The minimum Gasteiger partial charge on any atom is -0.393 e. The summed E-state index contributed by atoms with van der Waals surface area (Å²) in [4.78, 5) is 15.8. The van der Waals surface area contributed by atoms with Crippen LogP contribution in [0.5, 0.6) is 0 Å². The molecule has 1 rings (SSSR count). The summed E-state index contributed by atoms with van der Waals surface area (Å²) in [7, 11) is 1.96. The van der Waals surface area contributed by atoms with Gasteiger partial charge >= 0.3 is 0 Å². The summed E-state index contributed by atoms with van der Waals surface area (Å²) in [6, 6.07) is 0. The number of rotatable bonds is 6. The van der Waals surface area contributed by atoms with E-state index in [0.29, 0.717) is 12.5 Å². The molecule has 1 aliphatic rings. The first kappa shape index (κ1) is 14.5. The van der Waals surface area contributed by atoms with Crippen molar-refractivity contribution in [3.63, 3.8) is 0 Å². The van der Waals surface area contributed by atoms with E-state index in [2.05, 4.69) is 0 Å². The maximum Gasteiger partial charge on any atom is 0.236 e. The third-order valence-corrected chi connectivity index (χ3v) is 3.69. The Balaban J connectivity index is 2.33. The van der Waals surface area contributed by atoms with E-state index >= 15 is 0 Å². The molecule has 0 spiro atoms. The van der Waals surface area contributed by atoms with Gasteiger partial charge in [-0.1, -0.05) is 6.42 Å². The first-order chi connectivity index (χ1) is 8.08. The molecule has 1 N–H and O–H groups in total. The van der Waals surface area contributed by atoms with Gasteiger partial charge in [0, 0.05) is 19.6 Å². The second-order valence-electron chi connectivity index (χ2n) is 5.02. The number of likely N-dealkylation sites (N-methyl/N-ethyl adjacent to an activating group) is 2. The molecule has 0 aromatic carbocycles. The lowest BCUT2D eigenvalue weighted by atomic mass is 10.1. The molecule has 0 heterocycles. The first-order valence-corrected chi connectivity index (χ1v) is 6.72. The van der Waals surface area contributed by atoms with Crippen LogP contribution in [-0.2, 0) is 4.79 Å². The minimum atomic E-state index is -0.166. The highest BCUT2D eigenvalue weighted by Gasteiger charge is 2.26. The highest BCUT2D eigenvalue weighted by molar-refractivity contribution is 5.78. The smallest absolute Gasteiger partial charge is 0.236 e. The number of amides is 1. The van der Waals surface area contributed by atoms with Crippen molar-refractivity contribution >= 4 is 5.91 Å². The number of hydrogen-bond donors (Lipinski definition) is 1. The van der Waals surface area contributed by atoms with Gasteiger partial charge in [-0.25, -0.2) is 0 Å².